The molecule has 128 valence electrons. The molecule has 2 rings (SSSR count). The monoisotopic (exact) mass is 352 g/mol. The van der Waals surface area contributed by atoms with E-state index in [2.05, 4.69) is 0 Å². The van der Waals surface area contributed by atoms with Gasteiger partial charge in [-0.3, -0.25) is 0 Å². The second kappa shape index (κ2) is 7.44. The summed E-state index contributed by atoms with van der Waals surface area (Å²) in [5.74, 6) is -0.220. The van der Waals surface area contributed by atoms with E-state index >= 15 is 0 Å². The maximum Gasteiger partial charge on any atom is 0.339 e. The standard InChI is InChI=1S/C17H17FO5S/c1-12-8-15(22-7-3-6-19)11-16(9-12)23-24(20,21)17-10-14(18)5-4-13(17)2/h4-6,8-11H,3,7H2,1-2H3. The molecule has 0 aliphatic heterocycles. The SMILES string of the molecule is Cc1cc(OCCC=O)cc(OS(=O)(=O)c2cc(F)ccc2C)c1. The van der Waals surface area contributed by atoms with E-state index < -0.39 is 15.9 Å². The Morgan fingerprint density at radius 1 is 1.08 bits per heavy atom. The molecule has 0 bridgehead atoms. The number of hydrogen-bond donors (Lipinski definition) is 0. The first-order valence-electron chi connectivity index (χ1n) is 7.20. The molecule has 0 radical (unpaired) electrons. The van der Waals surface area contributed by atoms with Crippen molar-refractivity contribution >= 4 is 16.4 Å². The van der Waals surface area contributed by atoms with Gasteiger partial charge in [-0.1, -0.05) is 6.07 Å². The first-order chi connectivity index (χ1) is 11.3. The third-order valence-corrected chi connectivity index (χ3v) is 4.54. The van der Waals surface area contributed by atoms with Crippen LogP contribution in [0, 0.1) is 19.7 Å². The van der Waals surface area contributed by atoms with Crippen LogP contribution in [0.3, 0.4) is 0 Å². The van der Waals surface area contributed by atoms with Gasteiger partial charge in [-0.05, 0) is 49.2 Å². The van der Waals surface area contributed by atoms with Crippen LogP contribution in [0.2, 0.25) is 0 Å². The predicted molar refractivity (Wildman–Crippen MR) is 86.3 cm³/mol. The Balaban J connectivity index is 2.29. The van der Waals surface area contributed by atoms with Gasteiger partial charge in [0, 0.05) is 12.5 Å². The summed E-state index contributed by atoms with van der Waals surface area (Å²) >= 11 is 0. The summed E-state index contributed by atoms with van der Waals surface area (Å²) in [5.41, 5.74) is 1.10. The van der Waals surface area contributed by atoms with Crippen molar-refractivity contribution in [3.63, 3.8) is 0 Å². The van der Waals surface area contributed by atoms with Gasteiger partial charge in [-0.25, -0.2) is 4.39 Å². The van der Waals surface area contributed by atoms with Crippen molar-refractivity contribution in [1.29, 1.82) is 0 Å². The Morgan fingerprint density at radius 3 is 2.50 bits per heavy atom. The fraction of sp³-hybridized carbons (Fsp3) is 0.235. The molecule has 0 saturated carbocycles. The molecule has 2 aromatic rings. The van der Waals surface area contributed by atoms with Crippen LogP contribution in [0.5, 0.6) is 11.5 Å². The lowest BCUT2D eigenvalue weighted by Crippen LogP contribution is -2.12. The third-order valence-electron chi connectivity index (χ3n) is 3.15. The molecule has 0 heterocycles. The van der Waals surface area contributed by atoms with E-state index in [1.54, 1.807) is 19.9 Å². The number of benzene rings is 2. The molecule has 0 aliphatic rings. The molecular formula is C17H17FO5S. The molecule has 5 nitrogen and oxygen atoms in total. The Bertz CT molecular complexity index is 846. The van der Waals surface area contributed by atoms with Crippen molar-refractivity contribution in [1.82, 2.24) is 0 Å². The van der Waals surface area contributed by atoms with E-state index in [4.69, 9.17) is 8.92 Å². The lowest BCUT2D eigenvalue weighted by atomic mass is 10.2. The zero-order valence-electron chi connectivity index (χ0n) is 13.3. The van der Waals surface area contributed by atoms with Gasteiger partial charge in [0.1, 0.15) is 28.5 Å². The molecule has 0 atom stereocenters. The molecule has 24 heavy (non-hydrogen) atoms. The summed E-state index contributed by atoms with van der Waals surface area (Å²) in [6.07, 6.45) is 0.954. The van der Waals surface area contributed by atoms with Crippen molar-refractivity contribution in [2.45, 2.75) is 25.2 Å². The fourth-order valence-electron chi connectivity index (χ4n) is 2.09. The molecule has 0 spiro atoms. The van der Waals surface area contributed by atoms with E-state index in [9.17, 15) is 17.6 Å². The van der Waals surface area contributed by atoms with Crippen molar-refractivity contribution in [3.05, 3.63) is 53.3 Å². The highest BCUT2D eigenvalue weighted by Gasteiger charge is 2.20. The summed E-state index contributed by atoms with van der Waals surface area (Å²) < 4.78 is 48.6. The smallest absolute Gasteiger partial charge is 0.339 e. The highest BCUT2D eigenvalue weighted by atomic mass is 32.2. The first kappa shape index (κ1) is 17.9. The highest BCUT2D eigenvalue weighted by molar-refractivity contribution is 7.87. The van der Waals surface area contributed by atoms with Crippen LogP contribution in [0.15, 0.2) is 41.3 Å². The van der Waals surface area contributed by atoms with E-state index in [0.29, 0.717) is 11.3 Å². The minimum absolute atomic E-state index is 0.0553. The molecule has 0 aromatic heterocycles. The van der Waals surface area contributed by atoms with Gasteiger partial charge in [-0.2, -0.15) is 8.42 Å². The van der Waals surface area contributed by atoms with E-state index in [0.717, 1.165) is 17.9 Å². The van der Waals surface area contributed by atoms with E-state index in [-0.39, 0.29) is 23.7 Å². The zero-order valence-corrected chi connectivity index (χ0v) is 14.1. The van der Waals surface area contributed by atoms with Gasteiger partial charge in [0.2, 0.25) is 0 Å². The van der Waals surface area contributed by atoms with Crippen LogP contribution in [0.25, 0.3) is 0 Å². The van der Waals surface area contributed by atoms with Crippen LogP contribution >= 0.6 is 0 Å². The molecular weight excluding hydrogens is 335 g/mol. The van der Waals surface area contributed by atoms with Crippen LogP contribution in [0.1, 0.15) is 17.5 Å². The van der Waals surface area contributed by atoms with Crippen LogP contribution in [0.4, 0.5) is 4.39 Å². The molecule has 0 N–H and O–H groups in total. The van der Waals surface area contributed by atoms with E-state index in [1.807, 2.05) is 0 Å². The molecule has 0 fully saturated rings. The quantitative estimate of drug-likeness (QED) is 0.435. The predicted octanol–water partition coefficient (Wildman–Crippen LogP) is 3.18. The Hall–Kier alpha value is -2.41. The lowest BCUT2D eigenvalue weighted by Gasteiger charge is -2.12. The summed E-state index contributed by atoms with van der Waals surface area (Å²) in [6, 6.07) is 8.10. The summed E-state index contributed by atoms with van der Waals surface area (Å²) in [6.45, 7) is 3.49. The van der Waals surface area contributed by atoms with Crippen molar-refractivity contribution in [2.24, 2.45) is 0 Å². The number of carbonyl (C=O) groups excluding carboxylic acids is 1. The number of ether oxygens (including phenoxy) is 1. The second-order valence-corrected chi connectivity index (χ2v) is 6.75. The average Bonchev–Trinajstić information content (AvgIpc) is 2.49. The van der Waals surface area contributed by atoms with Crippen LogP contribution < -0.4 is 8.92 Å². The minimum atomic E-state index is -4.18. The number of hydrogen-bond acceptors (Lipinski definition) is 5. The van der Waals surface area contributed by atoms with Gasteiger partial charge < -0.3 is 13.7 Å². The van der Waals surface area contributed by atoms with Crippen LogP contribution in [-0.4, -0.2) is 21.3 Å². The number of aldehydes is 1. The molecule has 0 saturated heterocycles. The summed E-state index contributed by atoms with van der Waals surface area (Å²) in [5, 5.41) is 0. The molecule has 0 aliphatic carbocycles. The van der Waals surface area contributed by atoms with E-state index in [1.165, 1.54) is 24.3 Å². The van der Waals surface area contributed by atoms with Crippen molar-refractivity contribution < 1.29 is 26.5 Å². The maximum absolute atomic E-state index is 13.3. The average molecular weight is 352 g/mol. The third kappa shape index (κ3) is 4.55. The second-order valence-electron chi connectivity index (χ2n) is 5.23. The van der Waals surface area contributed by atoms with Gasteiger partial charge in [-0.15, -0.1) is 0 Å². The van der Waals surface area contributed by atoms with Gasteiger partial charge in [0.15, 0.2) is 0 Å². The van der Waals surface area contributed by atoms with Crippen LogP contribution in [-0.2, 0) is 14.9 Å². The minimum Gasteiger partial charge on any atom is -0.493 e. The number of rotatable bonds is 7. The Labute approximate surface area is 140 Å². The summed E-state index contributed by atoms with van der Waals surface area (Å²) in [7, 11) is -4.18. The number of halogens is 1. The number of aryl methyl sites for hydroxylation is 2. The topological polar surface area (TPSA) is 69.7 Å². The largest absolute Gasteiger partial charge is 0.493 e. The molecule has 0 unspecified atom stereocenters. The normalized spacial score (nSPS) is 11.1. The molecule has 7 heteroatoms. The maximum atomic E-state index is 13.3. The number of carbonyl (C=O) groups is 1. The Kier molecular flexibility index (Phi) is 5.56. The van der Waals surface area contributed by atoms with Gasteiger partial charge in [0.05, 0.1) is 6.61 Å². The first-order valence-corrected chi connectivity index (χ1v) is 8.61. The van der Waals surface area contributed by atoms with Crippen molar-refractivity contribution in [2.75, 3.05) is 6.61 Å². The fourth-order valence-corrected chi connectivity index (χ4v) is 3.24. The molecule has 2 aromatic carbocycles. The van der Waals surface area contributed by atoms with Gasteiger partial charge >= 0.3 is 10.1 Å². The Morgan fingerprint density at radius 2 is 1.79 bits per heavy atom. The highest BCUT2D eigenvalue weighted by Crippen LogP contribution is 2.27. The van der Waals surface area contributed by atoms with Crippen molar-refractivity contribution in [3.8, 4) is 11.5 Å². The lowest BCUT2D eigenvalue weighted by molar-refractivity contribution is -0.108. The van der Waals surface area contributed by atoms with Gasteiger partial charge in [0.25, 0.3) is 0 Å². The molecule has 0 amide bonds. The zero-order chi connectivity index (χ0) is 17.7. The summed E-state index contributed by atoms with van der Waals surface area (Å²) in [4.78, 5) is 10.1.